The lowest BCUT2D eigenvalue weighted by Crippen LogP contribution is -2.50. The number of hydrogen-bond acceptors (Lipinski definition) is 5. The van der Waals surface area contributed by atoms with Gasteiger partial charge in [0.05, 0.1) is 21.5 Å². The van der Waals surface area contributed by atoms with Crippen molar-refractivity contribution in [2.24, 2.45) is 0 Å². The number of fused-ring (bicyclic) bond motifs is 1. The van der Waals surface area contributed by atoms with Gasteiger partial charge in [-0.15, -0.1) is 0 Å². The van der Waals surface area contributed by atoms with E-state index in [0.29, 0.717) is 48.1 Å². The summed E-state index contributed by atoms with van der Waals surface area (Å²) in [5, 5.41) is 0.0471. The zero-order valence-corrected chi connectivity index (χ0v) is 17.7. The van der Waals surface area contributed by atoms with Gasteiger partial charge in [0.2, 0.25) is 10.0 Å². The van der Waals surface area contributed by atoms with Gasteiger partial charge in [-0.05, 0) is 32.0 Å². The van der Waals surface area contributed by atoms with Crippen molar-refractivity contribution >= 4 is 38.5 Å². The van der Waals surface area contributed by atoms with Crippen LogP contribution < -0.4 is 10.6 Å². The average Bonchev–Trinajstić information content (AvgIpc) is 3.06. The minimum absolute atomic E-state index is 0.324. The Morgan fingerprint density at radius 2 is 1.72 bits per heavy atom. The summed E-state index contributed by atoms with van der Waals surface area (Å²) in [7, 11) is -3.21. The highest BCUT2D eigenvalue weighted by molar-refractivity contribution is 7.89. The van der Waals surface area contributed by atoms with Gasteiger partial charge in [-0.3, -0.25) is 4.98 Å². The normalized spacial score (nSPS) is 16.1. The lowest BCUT2D eigenvalue weighted by molar-refractivity contribution is 0.381. The second-order valence-electron chi connectivity index (χ2n) is 7.32. The van der Waals surface area contributed by atoms with Crippen molar-refractivity contribution in [1.29, 1.82) is 0 Å². The Morgan fingerprint density at radius 1 is 1.07 bits per heavy atom. The summed E-state index contributed by atoms with van der Waals surface area (Å²) in [4.78, 5) is 23.3. The molecule has 2 N–H and O–H groups in total. The third-order valence-corrected chi connectivity index (χ3v) is 7.72. The van der Waals surface area contributed by atoms with Crippen molar-refractivity contribution < 1.29 is 8.42 Å². The largest absolute Gasteiger partial charge is 0.369 e. The molecule has 3 aromatic rings. The number of benzene rings is 1. The molecule has 0 saturated carbocycles. The molecular formula is C19H22ClN5O3S. The van der Waals surface area contributed by atoms with Gasteiger partial charge < -0.3 is 9.88 Å². The van der Waals surface area contributed by atoms with E-state index >= 15 is 0 Å². The summed E-state index contributed by atoms with van der Waals surface area (Å²) in [5.41, 5.74) is 3.14. The number of H-pyrrole nitrogens is 2. The molecular weight excluding hydrogens is 414 g/mol. The molecule has 154 valence electrons. The van der Waals surface area contributed by atoms with Gasteiger partial charge in [0.15, 0.2) is 5.65 Å². The molecule has 3 heterocycles. The predicted octanol–water partition coefficient (Wildman–Crippen LogP) is 2.43. The van der Waals surface area contributed by atoms with Gasteiger partial charge in [-0.1, -0.05) is 23.7 Å². The first-order chi connectivity index (χ1) is 13.8. The number of imidazole rings is 1. The molecule has 1 saturated heterocycles. The Labute approximate surface area is 173 Å². The Hall–Kier alpha value is -2.36. The van der Waals surface area contributed by atoms with E-state index in [4.69, 9.17) is 11.6 Å². The van der Waals surface area contributed by atoms with Crippen LogP contribution >= 0.6 is 11.6 Å². The SMILES string of the molecule is CC(C)S(=O)(=O)N1CCN(c2ccc(-c3nc4[nH]c(=O)[nH]c4cc3Cl)cc2)CC1. The number of nitrogens with one attached hydrogen (secondary N) is 2. The molecule has 0 aliphatic carbocycles. The van der Waals surface area contributed by atoms with E-state index in [0.717, 1.165) is 11.3 Å². The fraction of sp³-hybridized carbons (Fsp3) is 0.368. The first-order valence-corrected chi connectivity index (χ1v) is 11.3. The molecule has 1 fully saturated rings. The fourth-order valence-electron chi connectivity index (χ4n) is 3.47. The zero-order valence-electron chi connectivity index (χ0n) is 16.1. The Balaban J connectivity index is 1.52. The third kappa shape index (κ3) is 3.77. The number of sulfonamides is 1. The molecule has 2 aromatic heterocycles. The summed E-state index contributed by atoms with van der Waals surface area (Å²) in [5.74, 6) is 0. The molecule has 0 bridgehead atoms. The van der Waals surface area contributed by atoms with Crippen molar-refractivity contribution in [3.8, 4) is 11.3 Å². The van der Waals surface area contributed by atoms with Crippen LogP contribution in [0.25, 0.3) is 22.4 Å². The Kier molecular flexibility index (Phi) is 5.14. The van der Waals surface area contributed by atoms with Gasteiger partial charge >= 0.3 is 5.69 Å². The number of rotatable bonds is 4. The van der Waals surface area contributed by atoms with Crippen LogP contribution in [0.2, 0.25) is 5.02 Å². The van der Waals surface area contributed by atoms with Crippen LogP contribution in [-0.4, -0.2) is 59.1 Å². The van der Waals surface area contributed by atoms with Gasteiger partial charge in [0.25, 0.3) is 0 Å². The molecule has 1 aliphatic rings. The predicted molar refractivity (Wildman–Crippen MR) is 115 cm³/mol. The van der Waals surface area contributed by atoms with Crippen molar-refractivity contribution in [2.45, 2.75) is 19.1 Å². The van der Waals surface area contributed by atoms with Crippen LogP contribution in [0.1, 0.15) is 13.8 Å². The van der Waals surface area contributed by atoms with E-state index in [-0.39, 0.29) is 5.69 Å². The second-order valence-corrected chi connectivity index (χ2v) is 10.2. The first-order valence-electron chi connectivity index (χ1n) is 9.38. The number of hydrogen-bond donors (Lipinski definition) is 2. The van der Waals surface area contributed by atoms with E-state index in [9.17, 15) is 13.2 Å². The highest BCUT2D eigenvalue weighted by atomic mass is 35.5. The van der Waals surface area contributed by atoms with Crippen LogP contribution in [0.4, 0.5) is 5.69 Å². The smallest absolute Gasteiger partial charge is 0.325 e. The number of nitrogens with zero attached hydrogens (tertiary/aromatic N) is 3. The average molecular weight is 436 g/mol. The van der Waals surface area contributed by atoms with Crippen LogP contribution in [0.3, 0.4) is 0 Å². The number of anilines is 1. The third-order valence-electron chi connectivity index (χ3n) is 5.16. The Bertz CT molecular complexity index is 1190. The molecule has 1 aromatic carbocycles. The highest BCUT2D eigenvalue weighted by Crippen LogP contribution is 2.30. The van der Waals surface area contributed by atoms with Crippen LogP contribution in [0.5, 0.6) is 0 Å². The molecule has 1 aliphatic heterocycles. The van der Waals surface area contributed by atoms with Crippen LogP contribution in [0.15, 0.2) is 35.1 Å². The van der Waals surface area contributed by atoms with Crippen LogP contribution in [-0.2, 0) is 10.0 Å². The van der Waals surface area contributed by atoms with E-state index in [2.05, 4.69) is 19.9 Å². The molecule has 0 spiro atoms. The maximum Gasteiger partial charge on any atom is 0.325 e. The number of halogens is 1. The van der Waals surface area contributed by atoms with Crippen molar-refractivity contribution in [3.05, 3.63) is 45.8 Å². The van der Waals surface area contributed by atoms with E-state index in [1.54, 1.807) is 24.2 Å². The number of pyridine rings is 1. The van der Waals surface area contributed by atoms with Crippen molar-refractivity contribution in [3.63, 3.8) is 0 Å². The standard InChI is InChI=1S/C19H22ClN5O3S/c1-12(2)29(27,28)25-9-7-24(8-10-25)14-5-3-13(4-6-14)17-15(20)11-16-18(22-17)23-19(26)21-16/h3-6,11-12H,7-10H2,1-2H3,(H2,21,22,23,26). The van der Waals surface area contributed by atoms with Gasteiger partial charge in [-0.25, -0.2) is 18.2 Å². The van der Waals surface area contributed by atoms with Crippen LogP contribution in [0, 0.1) is 0 Å². The quantitative estimate of drug-likeness (QED) is 0.655. The number of piperazine rings is 1. The van der Waals surface area contributed by atoms with E-state index in [1.807, 2.05) is 24.3 Å². The maximum atomic E-state index is 12.3. The molecule has 29 heavy (non-hydrogen) atoms. The van der Waals surface area contributed by atoms with Gasteiger partial charge in [0, 0.05) is 37.4 Å². The highest BCUT2D eigenvalue weighted by Gasteiger charge is 2.29. The van der Waals surface area contributed by atoms with Crippen molar-refractivity contribution in [2.75, 3.05) is 31.1 Å². The van der Waals surface area contributed by atoms with Crippen molar-refractivity contribution in [1.82, 2.24) is 19.3 Å². The summed E-state index contributed by atoms with van der Waals surface area (Å²) >= 11 is 6.35. The molecule has 8 nitrogen and oxygen atoms in total. The molecule has 10 heteroatoms. The minimum atomic E-state index is -3.21. The lowest BCUT2D eigenvalue weighted by Gasteiger charge is -2.36. The minimum Gasteiger partial charge on any atom is -0.369 e. The summed E-state index contributed by atoms with van der Waals surface area (Å²) in [6.07, 6.45) is 0. The van der Waals surface area contributed by atoms with Gasteiger partial charge in [-0.2, -0.15) is 4.31 Å². The van der Waals surface area contributed by atoms with E-state index < -0.39 is 15.3 Å². The zero-order chi connectivity index (χ0) is 20.8. The monoisotopic (exact) mass is 435 g/mol. The molecule has 0 amide bonds. The Morgan fingerprint density at radius 3 is 2.34 bits per heavy atom. The van der Waals surface area contributed by atoms with E-state index in [1.165, 1.54) is 0 Å². The summed E-state index contributed by atoms with van der Waals surface area (Å²) < 4.78 is 26.2. The molecule has 4 rings (SSSR count). The summed E-state index contributed by atoms with van der Waals surface area (Å²) in [6.45, 7) is 5.65. The maximum absolute atomic E-state index is 12.3. The topological polar surface area (TPSA) is 102 Å². The number of aromatic nitrogens is 3. The molecule has 0 radical (unpaired) electrons. The summed E-state index contributed by atoms with van der Waals surface area (Å²) in [6, 6.07) is 9.49. The molecule has 0 atom stereocenters. The first kappa shape index (κ1) is 19.9. The number of aromatic amines is 2. The van der Waals surface area contributed by atoms with Gasteiger partial charge in [0.1, 0.15) is 0 Å². The lowest BCUT2D eigenvalue weighted by atomic mass is 10.1. The fourth-order valence-corrected chi connectivity index (χ4v) is 5.00. The molecule has 0 unspecified atom stereocenters. The second kappa shape index (κ2) is 7.47.